The Morgan fingerprint density at radius 1 is 1.24 bits per heavy atom. The highest BCUT2D eigenvalue weighted by Gasteiger charge is 2.15. The lowest BCUT2D eigenvalue weighted by atomic mass is 10.2. The molecule has 1 N–H and O–H groups in total. The standard InChI is InChI=1S/C15H14N4O2/c1-9-16-7-6-11(17-9)8-19-10(2)18-14-12(15(20)21)4-3-5-13(14)19/h3-7H,8H2,1-2H3,(H,20,21). The summed E-state index contributed by atoms with van der Waals surface area (Å²) >= 11 is 0. The monoisotopic (exact) mass is 282 g/mol. The lowest BCUT2D eigenvalue weighted by molar-refractivity contribution is 0.0699. The number of aryl methyl sites for hydroxylation is 2. The first-order chi connectivity index (χ1) is 10.1. The fourth-order valence-electron chi connectivity index (χ4n) is 2.39. The number of benzene rings is 1. The molecule has 0 radical (unpaired) electrons. The van der Waals surface area contributed by atoms with E-state index in [9.17, 15) is 9.90 Å². The molecule has 2 aromatic heterocycles. The van der Waals surface area contributed by atoms with Gasteiger partial charge in [-0.2, -0.15) is 0 Å². The van der Waals surface area contributed by atoms with Gasteiger partial charge in [-0.05, 0) is 32.0 Å². The molecule has 6 heteroatoms. The van der Waals surface area contributed by atoms with Gasteiger partial charge in [0.05, 0.1) is 23.3 Å². The quantitative estimate of drug-likeness (QED) is 0.796. The Bertz CT molecular complexity index is 839. The maximum Gasteiger partial charge on any atom is 0.337 e. The fraction of sp³-hybridized carbons (Fsp3) is 0.200. The summed E-state index contributed by atoms with van der Waals surface area (Å²) in [6.45, 7) is 4.24. The van der Waals surface area contributed by atoms with Crippen molar-refractivity contribution in [2.24, 2.45) is 0 Å². The van der Waals surface area contributed by atoms with Gasteiger partial charge >= 0.3 is 5.97 Å². The van der Waals surface area contributed by atoms with Crippen LogP contribution in [0.25, 0.3) is 11.0 Å². The minimum atomic E-state index is -0.969. The smallest absolute Gasteiger partial charge is 0.337 e. The van der Waals surface area contributed by atoms with E-state index in [4.69, 9.17) is 0 Å². The minimum Gasteiger partial charge on any atom is -0.478 e. The molecule has 106 valence electrons. The zero-order valence-electron chi connectivity index (χ0n) is 11.7. The van der Waals surface area contributed by atoms with Gasteiger partial charge in [0.15, 0.2) is 0 Å². The number of imidazole rings is 1. The molecule has 0 fully saturated rings. The van der Waals surface area contributed by atoms with Crippen LogP contribution in [0.1, 0.15) is 27.7 Å². The SMILES string of the molecule is Cc1nccc(Cn2c(C)nc3c(C(=O)O)cccc32)n1. The predicted molar refractivity (Wildman–Crippen MR) is 77.3 cm³/mol. The highest BCUT2D eigenvalue weighted by Crippen LogP contribution is 2.21. The Hall–Kier alpha value is -2.76. The molecule has 21 heavy (non-hydrogen) atoms. The third-order valence-corrected chi connectivity index (χ3v) is 3.35. The van der Waals surface area contributed by atoms with Crippen molar-refractivity contribution in [2.75, 3.05) is 0 Å². The molecular formula is C15H14N4O2. The molecule has 0 aliphatic carbocycles. The van der Waals surface area contributed by atoms with Crippen LogP contribution in [0.3, 0.4) is 0 Å². The summed E-state index contributed by atoms with van der Waals surface area (Å²) in [4.78, 5) is 24.1. The van der Waals surface area contributed by atoms with Crippen LogP contribution in [0.2, 0.25) is 0 Å². The lowest BCUT2D eigenvalue weighted by Gasteiger charge is -2.07. The number of rotatable bonds is 3. The van der Waals surface area contributed by atoms with Crippen LogP contribution in [0.5, 0.6) is 0 Å². The van der Waals surface area contributed by atoms with Crippen molar-refractivity contribution < 1.29 is 9.90 Å². The second-order valence-corrected chi connectivity index (χ2v) is 4.82. The summed E-state index contributed by atoms with van der Waals surface area (Å²) in [5, 5.41) is 9.24. The van der Waals surface area contributed by atoms with Crippen LogP contribution in [0, 0.1) is 13.8 Å². The minimum absolute atomic E-state index is 0.216. The Labute approximate surface area is 121 Å². The van der Waals surface area contributed by atoms with Crippen molar-refractivity contribution in [3.05, 3.63) is 53.4 Å². The maximum atomic E-state index is 11.3. The number of carboxylic acid groups (broad SMARTS) is 1. The average Bonchev–Trinajstić information content (AvgIpc) is 2.75. The first-order valence-corrected chi connectivity index (χ1v) is 6.54. The van der Waals surface area contributed by atoms with Gasteiger partial charge in [-0.25, -0.2) is 19.7 Å². The van der Waals surface area contributed by atoms with Crippen molar-refractivity contribution in [3.63, 3.8) is 0 Å². The molecule has 3 rings (SSSR count). The first kappa shape index (κ1) is 13.2. The highest BCUT2D eigenvalue weighted by molar-refractivity contribution is 6.01. The van der Waals surface area contributed by atoms with E-state index in [2.05, 4.69) is 15.0 Å². The van der Waals surface area contributed by atoms with Crippen molar-refractivity contribution in [1.82, 2.24) is 19.5 Å². The molecule has 0 spiro atoms. The molecule has 0 saturated carbocycles. The van der Waals surface area contributed by atoms with Crippen LogP contribution in [0.15, 0.2) is 30.5 Å². The molecule has 0 atom stereocenters. The van der Waals surface area contributed by atoms with Crippen LogP contribution >= 0.6 is 0 Å². The second-order valence-electron chi connectivity index (χ2n) is 4.82. The largest absolute Gasteiger partial charge is 0.478 e. The van der Waals surface area contributed by atoms with E-state index < -0.39 is 5.97 Å². The van der Waals surface area contributed by atoms with Gasteiger partial charge < -0.3 is 9.67 Å². The van der Waals surface area contributed by atoms with Gasteiger partial charge in [-0.3, -0.25) is 0 Å². The van der Waals surface area contributed by atoms with Gasteiger partial charge in [0, 0.05) is 6.20 Å². The summed E-state index contributed by atoms with van der Waals surface area (Å²) < 4.78 is 1.96. The second kappa shape index (κ2) is 4.97. The van der Waals surface area contributed by atoms with Crippen LogP contribution in [-0.2, 0) is 6.54 Å². The third-order valence-electron chi connectivity index (χ3n) is 3.35. The molecule has 0 bridgehead atoms. The molecule has 3 aromatic rings. The topological polar surface area (TPSA) is 80.9 Å². The van der Waals surface area contributed by atoms with Crippen LogP contribution in [-0.4, -0.2) is 30.6 Å². The number of hydrogen-bond acceptors (Lipinski definition) is 4. The molecule has 0 amide bonds. The number of nitrogens with zero attached hydrogens (tertiary/aromatic N) is 4. The maximum absolute atomic E-state index is 11.3. The van der Waals surface area contributed by atoms with E-state index in [0.29, 0.717) is 17.9 Å². The zero-order valence-corrected chi connectivity index (χ0v) is 11.7. The summed E-state index contributed by atoms with van der Waals surface area (Å²) in [7, 11) is 0. The molecule has 0 saturated heterocycles. The molecule has 0 unspecified atom stereocenters. The van der Waals surface area contributed by atoms with Gasteiger partial charge in [0.1, 0.15) is 17.2 Å². The molecule has 6 nitrogen and oxygen atoms in total. The van der Waals surface area contributed by atoms with Gasteiger partial charge in [-0.15, -0.1) is 0 Å². The van der Waals surface area contributed by atoms with Gasteiger partial charge in [0.25, 0.3) is 0 Å². The van der Waals surface area contributed by atoms with Gasteiger partial charge in [0.2, 0.25) is 0 Å². The number of para-hydroxylation sites is 1. The van der Waals surface area contributed by atoms with Crippen molar-refractivity contribution >= 4 is 17.0 Å². The Balaban J connectivity index is 2.13. The summed E-state index contributed by atoms with van der Waals surface area (Å²) in [6.07, 6.45) is 1.72. The fourth-order valence-corrected chi connectivity index (χ4v) is 2.39. The van der Waals surface area contributed by atoms with E-state index >= 15 is 0 Å². The lowest BCUT2D eigenvalue weighted by Crippen LogP contribution is -2.05. The average molecular weight is 282 g/mol. The summed E-state index contributed by atoms with van der Waals surface area (Å²) in [6, 6.07) is 7.01. The normalized spacial score (nSPS) is 11.0. The first-order valence-electron chi connectivity index (χ1n) is 6.54. The third kappa shape index (κ3) is 2.35. The summed E-state index contributed by atoms with van der Waals surface area (Å²) in [5.74, 6) is 0.499. The van der Waals surface area contributed by atoms with Crippen LogP contribution < -0.4 is 0 Å². The molecule has 0 aliphatic rings. The zero-order chi connectivity index (χ0) is 15.0. The number of hydrogen-bond donors (Lipinski definition) is 1. The van der Waals surface area contributed by atoms with E-state index in [1.807, 2.05) is 30.5 Å². The number of carboxylic acids is 1. The van der Waals surface area contributed by atoms with Crippen molar-refractivity contribution in [2.45, 2.75) is 20.4 Å². The Morgan fingerprint density at radius 2 is 2.05 bits per heavy atom. The number of aromatic carboxylic acids is 1. The molecule has 0 aliphatic heterocycles. The van der Waals surface area contributed by atoms with E-state index in [1.165, 1.54) is 0 Å². The molecule has 1 aromatic carbocycles. The highest BCUT2D eigenvalue weighted by atomic mass is 16.4. The Kier molecular flexibility index (Phi) is 3.13. The summed E-state index contributed by atoms with van der Waals surface area (Å²) in [5.41, 5.74) is 2.38. The van der Waals surface area contributed by atoms with Crippen molar-refractivity contribution in [3.8, 4) is 0 Å². The van der Waals surface area contributed by atoms with E-state index in [0.717, 1.165) is 17.0 Å². The Morgan fingerprint density at radius 3 is 2.76 bits per heavy atom. The van der Waals surface area contributed by atoms with Gasteiger partial charge in [-0.1, -0.05) is 6.07 Å². The molecule has 2 heterocycles. The predicted octanol–water partition coefficient (Wildman–Crippen LogP) is 2.19. The van der Waals surface area contributed by atoms with E-state index in [1.54, 1.807) is 18.3 Å². The number of fused-ring (bicyclic) bond motifs is 1. The molecular weight excluding hydrogens is 268 g/mol. The number of aromatic nitrogens is 4. The van der Waals surface area contributed by atoms with Crippen LogP contribution in [0.4, 0.5) is 0 Å². The van der Waals surface area contributed by atoms with E-state index in [-0.39, 0.29) is 5.56 Å². The number of carbonyl (C=O) groups is 1. The van der Waals surface area contributed by atoms with Crippen molar-refractivity contribution in [1.29, 1.82) is 0 Å².